The molecule has 18 heavy (non-hydrogen) atoms. The first kappa shape index (κ1) is 11.3. The standard InChI is InChI=1S/C16H12BrN/c17-16-6-2-1-5-15(16)13-7-9-14(10-8-13)18-11-3-4-12-18/h1-12H. The third-order valence-electron chi connectivity index (χ3n) is 2.95. The molecule has 1 aromatic heterocycles. The Morgan fingerprint density at radius 3 is 2.06 bits per heavy atom. The topological polar surface area (TPSA) is 4.93 Å². The Morgan fingerprint density at radius 2 is 1.39 bits per heavy atom. The van der Waals surface area contributed by atoms with Gasteiger partial charge in [-0.1, -0.05) is 46.3 Å². The third kappa shape index (κ3) is 2.12. The largest absolute Gasteiger partial charge is 0.324 e. The lowest BCUT2D eigenvalue weighted by molar-refractivity contribution is 1.08. The molecule has 0 fully saturated rings. The van der Waals surface area contributed by atoms with Gasteiger partial charge in [-0.05, 0) is 41.5 Å². The highest BCUT2D eigenvalue weighted by Gasteiger charge is 2.02. The molecule has 0 saturated carbocycles. The van der Waals surface area contributed by atoms with Gasteiger partial charge in [0, 0.05) is 22.6 Å². The van der Waals surface area contributed by atoms with Crippen molar-refractivity contribution in [1.29, 1.82) is 0 Å². The Hall–Kier alpha value is -1.80. The summed E-state index contributed by atoms with van der Waals surface area (Å²) in [5.74, 6) is 0. The van der Waals surface area contributed by atoms with Gasteiger partial charge in [0.15, 0.2) is 0 Å². The Balaban J connectivity index is 1.99. The van der Waals surface area contributed by atoms with Crippen LogP contribution in [-0.4, -0.2) is 4.57 Å². The highest BCUT2D eigenvalue weighted by Crippen LogP contribution is 2.28. The molecule has 3 rings (SSSR count). The van der Waals surface area contributed by atoms with Gasteiger partial charge in [-0.3, -0.25) is 0 Å². The lowest BCUT2D eigenvalue weighted by Gasteiger charge is -2.07. The zero-order valence-electron chi connectivity index (χ0n) is 9.75. The van der Waals surface area contributed by atoms with Crippen LogP contribution in [0.2, 0.25) is 0 Å². The van der Waals surface area contributed by atoms with Crippen LogP contribution in [0.3, 0.4) is 0 Å². The van der Waals surface area contributed by atoms with E-state index in [2.05, 4.69) is 63.0 Å². The second-order valence-corrected chi connectivity index (χ2v) is 4.97. The predicted molar refractivity (Wildman–Crippen MR) is 78.9 cm³/mol. The van der Waals surface area contributed by atoms with E-state index < -0.39 is 0 Å². The van der Waals surface area contributed by atoms with Crippen LogP contribution in [0.5, 0.6) is 0 Å². The smallest absolute Gasteiger partial charge is 0.0449 e. The molecule has 0 unspecified atom stereocenters. The zero-order chi connectivity index (χ0) is 12.4. The first-order chi connectivity index (χ1) is 8.84. The molecule has 2 heteroatoms. The Labute approximate surface area is 115 Å². The lowest BCUT2D eigenvalue weighted by Crippen LogP contribution is -1.89. The molecule has 0 radical (unpaired) electrons. The molecule has 1 nitrogen and oxygen atoms in total. The Bertz CT molecular complexity index is 639. The van der Waals surface area contributed by atoms with Crippen molar-refractivity contribution in [2.45, 2.75) is 0 Å². The highest BCUT2D eigenvalue weighted by atomic mass is 79.9. The molecule has 88 valence electrons. The van der Waals surface area contributed by atoms with Crippen LogP contribution in [0, 0.1) is 0 Å². The summed E-state index contributed by atoms with van der Waals surface area (Å²) >= 11 is 3.59. The minimum Gasteiger partial charge on any atom is -0.324 e. The molecule has 0 aliphatic heterocycles. The minimum atomic E-state index is 1.12. The van der Waals surface area contributed by atoms with Crippen molar-refractivity contribution in [3.05, 3.63) is 77.5 Å². The SMILES string of the molecule is Brc1ccccc1-c1ccc(-n2cccc2)cc1. The van der Waals surface area contributed by atoms with Crippen molar-refractivity contribution in [2.75, 3.05) is 0 Å². The summed E-state index contributed by atoms with van der Waals surface area (Å²) in [5, 5.41) is 0. The average molecular weight is 298 g/mol. The van der Waals surface area contributed by atoms with Crippen molar-refractivity contribution >= 4 is 15.9 Å². The Kier molecular flexibility index (Phi) is 3.03. The molecule has 2 aromatic carbocycles. The van der Waals surface area contributed by atoms with E-state index in [0.717, 1.165) is 4.47 Å². The fourth-order valence-electron chi connectivity index (χ4n) is 2.02. The minimum absolute atomic E-state index is 1.12. The second kappa shape index (κ2) is 4.83. The van der Waals surface area contributed by atoms with Crippen molar-refractivity contribution in [3.63, 3.8) is 0 Å². The molecule has 0 N–H and O–H groups in total. The molecule has 0 saturated heterocycles. The van der Waals surface area contributed by atoms with Gasteiger partial charge in [0.05, 0.1) is 0 Å². The molecule has 1 heterocycles. The van der Waals surface area contributed by atoms with E-state index in [0.29, 0.717) is 0 Å². The normalized spacial score (nSPS) is 10.5. The zero-order valence-corrected chi connectivity index (χ0v) is 11.3. The van der Waals surface area contributed by atoms with Crippen LogP contribution in [0.1, 0.15) is 0 Å². The van der Waals surface area contributed by atoms with Crippen LogP contribution in [0.4, 0.5) is 0 Å². The number of rotatable bonds is 2. The van der Waals surface area contributed by atoms with Gasteiger partial charge in [0.2, 0.25) is 0 Å². The molecule has 0 atom stereocenters. The van der Waals surface area contributed by atoms with Crippen molar-refractivity contribution in [2.24, 2.45) is 0 Å². The van der Waals surface area contributed by atoms with E-state index in [1.54, 1.807) is 0 Å². The fraction of sp³-hybridized carbons (Fsp3) is 0. The number of hydrogen-bond donors (Lipinski definition) is 0. The molecule has 0 bridgehead atoms. The van der Waals surface area contributed by atoms with Crippen LogP contribution in [0.25, 0.3) is 16.8 Å². The van der Waals surface area contributed by atoms with E-state index in [1.807, 2.05) is 30.6 Å². The Morgan fingerprint density at radius 1 is 0.722 bits per heavy atom. The van der Waals surface area contributed by atoms with Crippen molar-refractivity contribution < 1.29 is 0 Å². The van der Waals surface area contributed by atoms with Gasteiger partial charge in [-0.2, -0.15) is 0 Å². The maximum atomic E-state index is 3.59. The van der Waals surface area contributed by atoms with Crippen LogP contribution < -0.4 is 0 Å². The van der Waals surface area contributed by atoms with E-state index >= 15 is 0 Å². The molecule has 0 amide bonds. The summed E-state index contributed by atoms with van der Waals surface area (Å²) < 4.78 is 3.22. The van der Waals surface area contributed by atoms with E-state index in [1.165, 1.54) is 16.8 Å². The first-order valence-electron chi connectivity index (χ1n) is 5.83. The second-order valence-electron chi connectivity index (χ2n) is 4.12. The fourth-order valence-corrected chi connectivity index (χ4v) is 2.53. The molecular formula is C16H12BrN. The van der Waals surface area contributed by atoms with Crippen LogP contribution in [-0.2, 0) is 0 Å². The van der Waals surface area contributed by atoms with Crippen LogP contribution in [0.15, 0.2) is 77.5 Å². The van der Waals surface area contributed by atoms with Gasteiger partial charge in [0.1, 0.15) is 0 Å². The van der Waals surface area contributed by atoms with Gasteiger partial charge in [0.25, 0.3) is 0 Å². The van der Waals surface area contributed by atoms with Gasteiger partial charge < -0.3 is 4.57 Å². The van der Waals surface area contributed by atoms with Gasteiger partial charge >= 0.3 is 0 Å². The third-order valence-corrected chi connectivity index (χ3v) is 3.65. The van der Waals surface area contributed by atoms with Crippen molar-refractivity contribution in [1.82, 2.24) is 4.57 Å². The molecular weight excluding hydrogens is 286 g/mol. The van der Waals surface area contributed by atoms with E-state index in [9.17, 15) is 0 Å². The number of halogens is 1. The average Bonchev–Trinajstić information content (AvgIpc) is 2.94. The molecule has 0 spiro atoms. The number of aromatic nitrogens is 1. The van der Waals surface area contributed by atoms with Gasteiger partial charge in [-0.25, -0.2) is 0 Å². The molecule has 0 aliphatic rings. The summed E-state index contributed by atoms with van der Waals surface area (Å²) in [6.45, 7) is 0. The molecule has 0 aliphatic carbocycles. The summed E-state index contributed by atoms with van der Waals surface area (Å²) in [6.07, 6.45) is 4.10. The maximum absolute atomic E-state index is 3.59. The predicted octanol–water partition coefficient (Wildman–Crippen LogP) is 4.91. The van der Waals surface area contributed by atoms with Gasteiger partial charge in [-0.15, -0.1) is 0 Å². The molecule has 3 aromatic rings. The monoisotopic (exact) mass is 297 g/mol. The number of hydrogen-bond acceptors (Lipinski definition) is 0. The maximum Gasteiger partial charge on any atom is 0.0449 e. The summed E-state index contributed by atoms with van der Waals surface area (Å²) in [5.41, 5.74) is 3.62. The summed E-state index contributed by atoms with van der Waals surface area (Å²) in [7, 11) is 0. The lowest BCUT2D eigenvalue weighted by atomic mass is 10.1. The quantitative estimate of drug-likeness (QED) is 0.633. The summed E-state index contributed by atoms with van der Waals surface area (Å²) in [4.78, 5) is 0. The van der Waals surface area contributed by atoms with Crippen LogP contribution >= 0.6 is 15.9 Å². The number of benzene rings is 2. The van der Waals surface area contributed by atoms with E-state index in [4.69, 9.17) is 0 Å². The first-order valence-corrected chi connectivity index (χ1v) is 6.62. The van der Waals surface area contributed by atoms with E-state index in [-0.39, 0.29) is 0 Å². The van der Waals surface area contributed by atoms with Crippen molar-refractivity contribution in [3.8, 4) is 16.8 Å². The number of nitrogens with zero attached hydrogens (tertiary/aromatic N) is 1. The summed E-state index contributed by atoms with van der Waals surface area (Å²) in [6, 6.07) is 20.9. The highest BCUT2D eigenvalue weighted by molar-refractivity contribution is 9.10.